The zero-order valence-electron chi connectivity index (χ0n) is 10.8. The molecule has 0 bridgehead atoms. The van der Waals surface area contributed by atoms with E-state index < -0.39 is 0 Å². The summed E-state index contributed by atoms with van der Waals surface area (Å²) in [5.41, 5.74) is 0. The van der Waals surface area contributed by atoms with Gasteiger partial charge in [-0.3, -0.25) is 9.69 Å². The molecular weight excluding hydrogens is 282 g/mol. The van der Waals surface area contributed by atoms with Crippen molar-refractivity contribution < 1.29 is 13.9 Å². The van der Waals surface area contributed by atoms with Crippen LogP contribution in [0.15, 0.2) is 21.5 Å². The van der Waals surface area contributed by atoms with Crippen molar-refractivity contribution in [2.24, 2.45) is 0 Å². The van der Waals surface area contributed by atoms with E-state index in [-0.39, 0.29) is 5.91 Å². The van der Waals surface area contributed by atoms with Crippen molar-refractivity contribution in [2.75, 3.05) is 20.3 Å². The van der Waals surface area contributed by atoms with Crippen molar-refractivity contribution >= 4 is 40.3 Å². The van der Waals surface area contributed by atoms with Gasteiger partial charge in [-0.2, -0.15) is 0 Å². The van der Waals surface area contributed by atoms with Crippen LogP contribution in [0.3, 0.4) is 0 Å². The van der Waals surface area contributed by atoms with Crippen LogP contribution >= 0.6 is 24.0 Å². The van der Waals surface area contributed by atoms with Gasteiger partial charge in [0.05, 0.1) is 4.91 Å². The Morgan fingerprint density at radius 2 is 2.32 bits per heavy atom. The standard InChI is InChI=1S/C13H15NO3S2/c1-9-4-5-10(17-9)8-11-12(15)14(13(18)19-11)6-3-7-16-2/h4-5,8H,3,6-7H2,1-2H3/b11-8-. The summed E-state index contributed by atoms with van der Waals surface area (Å²) in [6.45, 7) is 3.08. The SMILES string of the molecule is COCCCN1C(=O)/C(=C/c2ccc(C)o2)SC1=S. The number of ether oxygens (including phenoxy) is 1. The summed E-state index contributed by atoms with van der Waals surface area (Å²) in [4.78, 5) is 14.4. The number of nitrogens with zero attached hydrogens (tertiary/aromatic N) is 1. The van der Waals surface area contributed by atoms with Gasteiger partial charge in [0.1, 0.15) is 15.8 Å². The van der Waals surface area contributed by atoms with E-state index in [4.69, 9.17) is 21.4 Å². The van der Waals surface area contributed by atoms with Crippen LogP contribution in [0.5, 0.6) is 0 Å². The molecule has 4 nitrogen and oxygen atoms in total. The fourth-order valence-electron chi connectivity index (χ4n) is 1.72. The molecular formula is C13H15NO3S2. The number of carbonyl (C=O) groups excluding carboxylic acids is 1. The molecule has 102 valence electrons. The molecule has 0 saturated carbocycles. The maximum Gasteiger partial charge on any atom is 0.266 e. The summed E-state index contributed by atoms with van der Waals surface area (Å²) in [6, 6.07) is 3.71. The Labute approximate surface area is 121 Å². The molecule has 1 aromatic rings. The minimum atomic E-state index is -0.0554. The van der Waals surface area contributed by atoms with E-state index in [1.165, 1.54) is 11.8 Å². The molecule has 1 fully saturated rings. The van der Waals surface area contributed by atoms with E-state index in [1.807, 2.05) is 19.1 Å². The third-order valence-corrected chi connectivity index (χ3v) is 4.02. The fourth-order valence-corrected chi connectivity index (χ4v) is 3.01. The van der Waals surface area contributed by atoms with Crippen LogP contribution in [-0.2, 0) is 9.53 Å². The Bertz CT molecular complexity index is 522. The highest BCUT2D eigenvalue weighted by Crippen LogP contribution is 2.32. The van der Waals surface area contributed by atoms with Crippen molar-refractivity contribution in [2.45, 2.75) is 13.3 Å². The predicted octanol–water partition coefficient (Wildman–Crippen LogP) is 2.83. The van der Waals surface area contributed by atoms with E-state index in [9.17, 15) is 4.79 Å². The van der Waals surface area contributed by atoms with Crippen molar-refractivity contribution in [3.63, 3.8) is 0 Å². The molecule has 1 aliphatic heterocycles. The lowest BCUT2D eigenvalue weighted by molar-refractivity contribution is -0.122. The van der Waals surface area contributed by atoms with Crippen LogP contribution in [0.2, 0.25) is 0 Å². The first-order valence-corrected chi connectivity index (χ1v) is 7.15. The van der Waals surface area contributed by atoms with Gasteiger partial charge in [0, 0.05) is 26.3 Å². The monoisotopic (exact) mass is 297 g/mol. The van der Waals surface area contributed by atoms with Crippen LogP contribution in [0.25, 0.3) is 6.08 Å². The van der Waals surface area contributed by atoms with E-state index in [0.717, 1.165) is 12.2 Å². The quantitative estimate of drug-likeness (QED) is 0.475. The van der Waals surface area contributed by atoms with Gasteiger partial charge in [-0.05, 0) is 25.5 Å². The minimum Gasteiger partial charge on any atom is -0.462 e. The van der Waals surface area contributed by atoms with Crippen LogP contribution in [0.4, 0.5) is 0 Å². The van der Waals surface area contributed by atoms with Crippen LogP contribution in [0.1, 0.15) is 17.9 Å². The summed E-state index contributed by atoms with van der Waals surface area (Å²) in [5, 5.41) is 0. The second kappa shape index (κ2) is 6.36. The fraction of sp³-hybridized carbons (Fsp3) is 0.385. The number of thiocarbonyl (C=S) groups is 1. The summed E-state index contributed by atoms with van der Waals surface area (Å²) in [5.74, 6) is 1.44. The first-order valence-electron chi connectivity index (χ1n) is 5.92. The smallest absolute Gasteiger partial charge is 0.266 e. The van der Waals surface area contributed by atoms with Gasteiger partial charge in [-0.25, -0.2) is 0 Å². The summed E-state index contributed by atoms with van der Waals surface area (Å²) >= 11 is 6.53. The number of furan rings is 1. The number of thioether (sulfide) groups is 1. The van der Waals surface area contributed by atoms with Gasteiger partial charge in [0.25, 0.3) is 5.91 Å². The Morgan fingerprint density at radius 3 is 2.95 bits per heavy atom. The molecule has 1 aliphatic rings. The highest BCUT2D eigenvalue weighted by atomic mass is 32.2. The number of carbonyl (C=O) groups is 1. The van der Waals surface area contributed by atoms with E-state index in [0.29, 0.717) is 28.1 Å². The van der Waals surface area contributed by atoms with Gasteiger partial charge in [0.2, 0.25) is 0 Å². The molecule has 0 aliphatic carbocycles. The number of hydrogen-bond acceptors (Lipinski definition) is 5. The van der Waals surface area contributed by atoms with Crippen LogP contribution < -0.4 is 0 Å². The molecule has 0 spiro atoms. The lowest BCUT2D eigenvalue weighted by Gasteiger charge is -2.13. The maximum atomic E-state index is 12.2. The average Bonchev–Trinajstić information content (AvgIpc) is 2.88. The van der Waals surface area contributed by atoms with Crippen LogP contribution in [-0.4, -0.2) is 35.4 Å². The zero-order valence-corrected chi connectivity index (χ0v) is 12.5. The summed E-state index contributed by atoms with van der Waals surface area (Å²) in [6.07, 6.45) is 2.51. The van der Waals surface area contributed by atoms with Gasteiger partial charge in [0.15, 0.2) is 0 Å². The molecule has 0 unspecified atom stereocenters. The highest BCUT2D eigenvalue weighted by Gasteiger charge is 2.31. The Kier molecular flexibility index (Phi) is 4.79. The Hall–Kier alpha value is -1.11. The van der Waals surface area contributed by atoms with Crippen molar-refractivity contribution in [3.05, 3.63) is 28.6 Å². The third-order valence-electron chi connectivity index (χ3n) is 2.64. The van der Waals surface area contributed by atoms with Crippen molar-refractivity contribution in [1.29, 1.82) is 0 Å². The largest absolute Gasteiger partial charge is 0.462 e. The van der Waals surface area contributed by atoms with Gasteiger partial charge in [-0.15, -0.1) is 0 Å². The van der Waals surface area contributed by atoms with Gasteiger partial charge < -0.3 is 9.15 Å². The Balaban J connectivity index is 2.07. The molecule has 1 saturated heterocycles. The molecule has 1 amide bonds. The molecule has 0 radical (unpaired) electrons. The highest BCUT2D eigenvalue weighted by molar-refractivity contribution is 8.26. The lowest BCUT2D eigenvalue weighted by atomic mass is 10.3. The first-order chi connectivity index (χ1) is 9.11. The number of methoxy groups -OCH3 is 1. The predicted molar refractivity (Wildman–Crippen MR) is 79.8 cm³/mol. The molecule has 2 heterocycles. The topological polar surface area (TPSA) is 42.7 Å². The zero-order chi connectivity index (χ0) is 13.8. The molecule has 0 aromatic carbocycles. The van der Waals surface area contributed by atoms with Crippen LogP contribution in [0, 0.1) is 6.92 Å². The number of hydrogen-bond donors (Lipinski definition) is 0. The number of aryl methyl sites for hydroxylation is 1. The summed E-state index contributed by atoms with van der Waals surface area (Å²) < 4.78 is 11.0. The molecule has 2 rings (SSSR count). The summed E-state index contributed by atoms with van der Waals surface area (Å²) in [7, 11) is 1.64. The minimum absolute atomic E-state index is 0.0554. The average molecular weight is 297 g/mol. The molecule has 0 atom stereocenters. The van der Waals surface area contributed by atoms with Crippen molar-refractivity contribution in [3.8, 4) is 0 Å². The lowest BCUT2D eigenvalue weighted by Crippen LogP contribution is -2.29. The second-order valence-electron chi connectivity index (χ2n) is 4.13. The molecule has 1 aromatic heterocycles. The van der Waals surface area contributed by atoms with Crippen molar-refractivity contribution in [1.82, 2.24) is 4.90 Å². The normalized spacial score (nSPS) is 17.8. The molecule has 0 N–H and O–H groups in total. The third kappa shape index (κ3) is 3.46. The molecule has 19 heavy (non-hydrogen) atoms. The van der Waals surface area contributed by atoms with Gasteiger partial charge >= 0.3 is 0 Å². The second-order valence-corrected chi connectivity index (χ2v) is 5.80. The van der Waals surface area contributed by atoms with Gasteiger partial charge in [-0.1, -0.05) is 24.0 Å². The van der Waals surface area contributed by atoms with E-state index in [2.05, 4.69) is 0 Å². The first kappa shape index (κ1) is 14.3. The number of amides is 1. The van der Waals surface area contributed by atoms with E-state index in [1.54, 1.807) is 18.1 Å². The van der Waals surface area contributed by atoms with E-state index >= 15 is 0 Å². The molecule has 6 heteroatoms. The maximum absolute atomic E-state index is 12.2. The Morgan fingerprint density at radius 1 is 1.53 bits per heavy atom. The number of rotatable bonds is 5.